The molecule has 0 saturated heterocycles. The van der Waals surface area contributed by atoms with Gasteiger partial charge in [0.15, 0.2) is 5.69 Å². The Balaban J connectivity index is 1.97. The molecule has 1 amide bonds. The number of carbonyl (C=O) groups is 1. The molecular formula is C21H21ClN4O3. The molecule has 7 nitrogen and oxygen atoms in total. The van der Waals surface area contributed by atoms with Crippen LogP contribution in [0.2, 0.25) is 5.02 Å². The van der Waals surface area contributed by atoms with E-state index >= 15 is 0 Å². The largest absolute Gasteiger partial charge is 0.383 e. The van der Waals surface area contributed by atoms with Crippen LogP contribution in [-0.2, 0) is 17.8 Å². The Morgan fingerprint density at radius 2 is 1.72 bits per heavy atom. The van der Waals surface area contributed by atoms with Gasteiger partial charge in [-0.3, -0.25) is 19.1 Å². The first kappa shape index (κ1) is 20.4. The quantitative estimate of drug-likeness (QED) is 0.649. The minimum atomic E-state index is -0.692. The summed E-state index contributed by atoms with van der Waals surface area (Å²) >= 11 is 5.88. The van der Waals surface area contributed by atoms with E-state index in [9.17, 15) is 14.4 Å². The molecule has 0 saturated carbocycles. The first-order valence-electron chi connectivity index (χ1n) is 9.12. The minimum absolute atomic E-state index is 0.0259. The maximum atomic E-state index is 12.9. The van der Waals surface area contributed by atoms with E-state index in [1.165, 1.54) is 9.47 Å². The molecule has 0 spiro atoms. The maximum absolute atomic E-state index is 12.9. The molecule has 0 atom stereocenters. The normalized spacial score (nSPS) is 10.7. The molecule has 2 aromatic carbocycles. The lowest BCUT2D eigenvalue weighted by Crippen LogP contribution is -2.41. The average molecular weight is 413 g/mol. The van der Waals surface area contributed by atoms with Gasteiger partial charge in [-0.1, -0.05) is 54.1 Å². The van der Waals surface area contributed by atoms with E-state index in [-0.39, 0.29) is 36.9 Å². The van der Waals surface area contributed by atoms with E-state index in [2.05, 4.69) is 4.98 Å². The van der Waals surface area contributed by atoms with E-state index in [1.54, 1.807) is 31.2 Å². The molecule has 29 heavy (non-hydrogen) atoms. The zero-order valence-corrected chi connectivity index (χ0v) is 16.6. The molecule has 3 N–H and O–H groups in total. The number of rotatable bonds is 6. The van der Waals surface area contributed by atoms with Gasteiger partial charge in [0.05, 0.1) is 13.0 Å². The monoisotopic (exact) mass is 412 g/mol. The van der Waals surface area contributed by atoms with E-state index in [1.807, 2.05) is 30.3 Å². The highest BCUT2D eigenvalue weighted by atomic mass is 35.5. The first-order chi connectivity index (χ1) is 13.9. The number of nitrogen functional groups attached to an aromatic ring is 1. The molecule has 0 aliphatic carbocycles. The summed E-state index contributed by atoms with van der Waals surface area (Å²) in [5.41, 5.74) is 6.45. The number of benzene rings is 2. The van der Waals surface area contributed by atoms with Gasteiger partial charge in [0.25, 0.3) is 5.56 Å². The second-order valence-corrected chi connectivity index (χ2v) is 6.94. The summed E-state index contributed by atoms with van der Waals surface area (Å²) < 4.78 is 1.25. The van der Waals surface area contributed by atoms with Gasteiger partial charge in [-0.2, -0.15) is 0 Å². The number of hydrogen-bond acceptors (Lipinski definition) is 4. The van der Waals surface area contributed by atoms with Gasteiger partial charge < -0.3 is 10.6 Å². The average Bonchev–Trinajstić information content (AvgIpc) is 2.70. The van der Waals surface area contributed by atoms with Crippen molar-refractivity contribution in [1.82, 2.24) is 9.55 Å². The van der Waals surface area contributed by atoms with Gasteiger partial charge in [0.1, 0.15) is 5.82 Å². The van der Waals surface area contributed by atoms with Crippen LogP contribution in [0.4, 0.5) is 11.5 Å². The van der Waals surface area contributed by atoms with Gasteiger partial charge in [-0.25, -0.2) is 4.79 Å². The van der Waals surface area contributed by atoms with Crippen LogP contribution in [-0.4, -0.2) is 22.0 Å². The summed E-state index contributed by atoms with van der Waals surface area (Å²) in [7, 11) is 0. The number of carbonyl (C=O) groups excluding carboxylic acids is 1. The number of anilines is 2. The van der Waals surface area contributed by atoms with Crippen molar-refractivity contribution in [3.8, 4) is 0 Å². The Morgan fingerprint density at radius 1 is 1.07 bits per heavy atom. The van der Waals surface area contributed by atoms with Crippen LogP contribution in [0.1, 0.15) is 18.1 Å². The number of nitrogens with zero attached hydrogens (tertiary/aromatic N) is 2. The second-order valence-electron chi connectivity index (χ2n) is 6.51. The predicted octanol–water partition coefficient (Wildman–Crippen LogP) is 2.42. The highest BCUT2D eigenvalue weighted by molar-refractivity contribution is 6.30. The van der Waals surface area contributed by atoms with Crippen LogP contribution >= 0.6 is 11.6 Å². The molecule has 1 aromatic heterocycles. The Bertz CT molecular complexity index is 1120. The smallest absolute Gasteiger partial charge is 0.330 e. The van der Waals surface area contributed by atoms with Crippen LogP contribution in [0.3, 0.4) is 0 Å². The predicted molar refractivity (Wildman–Crippen MR) is 114 cm³/mol. The zero-order chi connectivity index (χ0) is 21.0. The molecule has 0 fully saturated rings. The third-order valence-corrected chi connectivity index (χ3v) is 4.81. The highest BCUT2D eigenvalue weighted by Gasteiger charge is 2.23. The molecular weight excluding hydrogens is 392 g/mol. The molecule has 3 rings (SSSR count). The van der Waals surface area contributed by atoms with Crippen molar-refractivity contribution < 1.29 is 4.79 Å². The molecule has 1 heterocycles. The minimum Gasteiger partial charge on any atom is -0.383 e. The topological polar surface area (TPSA) is 101 Å². The fraction of sp³-hybridized carbons (Fsp3) is 0.190. The van der Waals surface area contributed by atoms with Crippen molar-refractivity contribution in [3.63, 3.8) is 0 Å². The third kappa shape index (κ3) is 4.57. The van der Waals surface area contributed by atoms with Crippen LogP contribution in [0.25, 0.3) is 0 Å². The summed E-state index contributed by atoms with van der Waals surface area (Å²) in [6, 6.07) is 16.1. The maximum Gasteiger partial charge on any atom is 0.330 e. The zero-order valence-electron chi connectivity index (χ0n) is 15.9. The molecule has 0 bridgehead atoms. The fourth-order valence-electron chi connectivity index (χ4n) is 3.09. The number of nitrogens with one attached hydrogen (secondary N) is 1. The van der Waals surface area contributed by atoms with E-state index in [4.69, 9.17) is 17.3 Å². The van der Waals surface area contributed by atoms with Crippen molar-refractivity contribution in [2.24, 2.45) is 0 Å². The highest BCUT2D eigenvalue weighted by Crippen LogP contribution is 2.19. The van der Waals surface area contributed by atoms with Gasteiger partial charge >= 0.3 is 5.69 Å². The van der Waals surface area contributed by atoms with E-state index in [0.717, 1.165) is 11.1 Å². The standard InChI is InChI=1S/C21H21ClN4O3/c1-2-25(17(27)12-14-8-10-16(22)11-9-14)18-19(23)26(21(29)24-20(18)28)13-15-6-4-3-5-7-15/h3-11H,2,12-13,23H2,1H3,(H,24,28,29). The van der Waals surface area contributed by atoms with Crippen LogP contribution in [0.5, 0.6) is 0 Å². The lowest BCUT2D eigenvalue weighted by Gasteiger charge is -2.23. The summed E-state index contributed by atoms with van der Waals surface area (Å²) in [5.74, 6) is -0.356. The number of aromatic amines is 1. The first-order valence-corrected chi connectivity index (χ1v) is 9.49. The SMILES string of the molecule is CCN(C(=O)Cc1ccc(Cl)cc1)c1c(N)n(Cc2ccccc2)c(=O)[nH]c1=O. The number of halogens is 1. The van der Waals surface area contributed by atoms with Crippen LogP contribution in [0.15, 0.2) is 64.2 Å². The third-order valence-electron chi connectivity index (χ3n) is 4.55. The van der Waals surface area contributed by atoms with Crippen molar-refractivity contribution in [1.29, 1.82) is 0 Å². The van der Waals surface area contributed by atoms with Gasteiger partial charge in [0.2, 0.25) is 5.91 Å². The Hall–Kier alpha value is -3.32. The van der Waals surface area contributed by atoms with E-state index in [0.29, 0.717) is 5.02 Å². The van der Waals surface area contributed by atoms with Crippen molar-refractivity contribution in [2.45, 2.75) is 19.9 Å². The number of hydrogen-bond donors (Lipinski definition) is 2. The van der Waals surface area contributed by atoms with Gasteiger partial charge in [-0.15, -0.1) is 0 Å². The van der Waals surface area contributed by atoms with Crippen LogP contribution < -0.4 is 21.9 Å². The molecule has 0 radical (unpaired) electrons. The summed E-state index contributed by atoms with van der Waals surface area (Å²) in [5, 5.41) is 0.572. The number of aromatic nitrogens is 2. The lowest BCUT2D eigenvalue weighted by molar-refractivity contribution is -0.117. The van der Waals surface area contributed by atoms with Crippen LogP contribution in [0, 0.1) is 0 Å². The molecule has 0 aliphatic heterocycles. The lowest BCUT2D eigenvalue weighted by atomic mass is 10.1. The Morgan fingerprint density at radius 3 is 2.34 bits per heavy atom. The number of likely N-dealkylation sites (N-methyl/N-ethyl adjacent to an activating group) is 1. The van der Waals surface area contributed by atoms with Crippen molar-refractivity contribution >= 4 is 29.0 Å². The second kappa shape index (κ2) is 8.79. The molecule has 150 valence electrons. The Kier molecular flexibility index (Phi) is 6.19. The molecule has 0 aliphatic rings. The van der Waals surface area contributed by atoms with Crippen molar-refractivity contribution in [3.05, 3.63) is 91.6 Å². The number of H-pyrrole nitrogens is 1. The summed E-state index contributed by atoms with van der Waals surface area (Å²) in [4.78, 5) is 41.3. The summed E-state index contributed by atoms with van der Waals surface area (Å²) in [6.07, 6.45) is 0.0711. The van der Waals surface area contributed by atoms with E-state index < -0.39 is 11.2 Å². The molecule has 0 unspecified atom stereocenters. The number of nitrogens with two attached hydrogens (primary N) is 1. The number of amides is 1. The summed E-state index contributed by atoms with van der Waals surface area (Å²) in [6.45, 7) is 2.15. The molecule has 8 heteroatoms. The molecule has 3 aromatic rings. The van der Waals surface area contributed by atoms with Crippen molar-refractivity contribution in [2.75, 3.05) is 17.2 Å². The van der Waals surface area contributed by atoms with Gasteiger partial charge in [-0.05, 0) is 30.2 Å². The van der Waals surface area contributed by atoms with Gasteiger partial charge in [0, 0.05) is 11.6 Å². The fourth-order valence-corrected chi connectivity index (χ4v) is 3.22. The Labute approximate surface area is 172 Å².